The van der Waals surface area contributed by atoms with E-state index < -0.39 is 36.9 Å². The van der Waals surface area contributed by atoms with Gasteiger partial charge in [-0.15, -0.1) is 0 Å². The number of carbonyl (C=O) groups is 4. The molecule has 2 N–H and O–H groups in total. The molecule has 2 rings (SSSR count). The largest absolute Gasteiger partial charge is 0.496 e. The van der Waals surface area contributed by atoms with E-state index in [1.165, 1.54) is 20.3 Å². The topological polar surface area (TPSA) is 120 Å². The summed E-state index contributed by atoms with van der Waals surface area (Å²) in [5.74, 6) is -2.06. The van der Waals surface area contributed by atoms with Crippen molar-refractivity contribution >= 4 is 29.4 Å². The Hall–Kier alpha value is -3.88. The zero-order valence-electron chi connectivity index (χ0n) is 16.8. The zero-order valence-corrected chi connectivity index (χ0v) is 16.8. The molecule has 0 aromatic heterocycles. The van der Waals surface area contributed by atoms with Crippen LogP contribution in [0.5, 0.6) is 5.75 Å². The van der Waals surface area contributed by atoms with E-state index in [4.69, 9.17) is 9.47 Å². The number of esters is 2. The van der Waals surface area contributed by atoms with Gasteiger partial charge in [-0.2, -0.15) is 0 Å². The van der Waals surface area contributed by atoms with Gasteiger partial charge in [0.2, 0.25) is 0 Å². The molecule has 0 radical (unpaired) electrons. The average Bonchev–Trinajstić information content (AvgIpc) is 2.76. The number of ether oxygens (including phenoxy) is 3. The standard InChI is InChI=1S/C21H22N2O7/c1-13-8-9-14(21(27)29-3)10-16(13)23-18(24)12-30-19(25)11-22-20(26)15-6-4-5-7-17(15)28-2/h4-10H,11-12H2,1-3H3,(H,22,26)(H,23,24). The molecule has 9 nitrogen and oxygen atoms in total. The first-order valence-electron chi connectivity index (χ1n) is 8.91. The molecular weight excluding hydrogens is 392 g/mol. The summed E-state index contributed by atoms with van der Waals surface area (Å²) >= 11 is 0. The molecule has 2 aromatic rings. The van der Waals surface area contributed by atoms with Crippen molar-refractivity contribution in [1.82, 2.24) is 5.32 Å². The number of aryl methyl sites for hydroxylation is 1. The lowest BCUT2D eigenvalue weighted by molar-refractivity contribution is -0.146. The van der Waals surface area contributed by atoms with Crippen molar-refractivity contribution in [1.29, 1.82) is 0 Å². The summed E-state index contributed by atoms with van der Waals surface area (Å²) in [4.78, 5) is 47.6. The summed E-state index contributed by atoms with van der Waals surface area (Å²) in [6.07, 6.45) is 0. The number of methoxy groups -OCH3 is 2. The fourth-order valence-electron chi connectivity index (χ4n) is 2.46. The zero-order chi connectivity index (χ0) is 22.1. The summed E-state index contributed by atoms with van der Waals surface area (Å²) in [5.41, 5.74) is 1.65. The van der Waals surface area contributed by atoms with Crippen LogP contribution < -0.4 is 15.4 Å². The van der Waals surface area contributed by atoms with E-state index >= 15 is 0 Å². The van der Waals surface area contributed by atoms with Crippen LogP contribution in [0, 0.1) is 6.92 Å². The molecule has 0 saturated carbocycles. The Balaban J connectivity index is 1.84. The maximum atomic E-state index is 12.1. The van der Waals surface area contributed by atoms with E-state index in [2.05, 4.69) is 15.4 Å². The Morgan fingerprint density at radius 1 is 1.00 bits per heavy atom. The van der Waals surface area contributed by atoms with Crippen molar-refractivity contribution < 1.29 is 33.4 Å². The van der Waals surface area contributed by atoms with Gasteiger partial charge in [-0.05, 0) is 36.8 Å². The summed E-state index contributed by atoms with van der Waals surface area (Å²) < 4.78 is 14.6. The summed E-state index contributed by atoms with van der Waals surface area (Å²) in [5, 5.41) is 4.97. The van der Waals surface area contributed by atoms with Crippen LogP contribution in [0.1, 0.15) is 26.3 Å². The Bertz CT molecular complexity index is 956. The number of amides is 2. The lowest BCUT2D eigenvalue weighted by Crippen LogP contribution is -2.32. The average molecular weight is 414 g/mol. The van der Waals surface area contributed by atoms with Crippen molar-refractivity contribution in [3.05, 3.63) is 59.2 Å². The van der Waals surface area contributed by atoms with Crippen LogP contribution in [-0.2, 0) is 19.1 Å². The van der Waals surface area contributed by atoms with Gasteiger partial charge in [-0.1, -0.05) is 18.2 Å². The molecule has 0 spiro atoms. The van der Waals surface area contributed by atoms with Gasteiger partial charge >= 0.3 is 11.9 Å². The third kappa shape index (κ3) is 6.06. The monoisotopic (exact) mass is 414 g/mol. The van der Waals surface area contributed by atoms with E-state index in [0.29, 0.717) is 17.0 Å². The third-order valence-electron chi connectivity index (χ3n) is 4.04. The van der Waals surface area contributed by atoms with E-state index in [9.17, 15) is 19.2 Å². The quantitative estimate of drug-likeness (QED) is 0.631. The van der Waals surface area contributed by atoms with E-state index in [-0.39, 0.29) is 11.1 Å². The molecular formula is C21H22N2O7. The second-order valence-corrected chi connectivity index (χ2v) is 6.11. The first kappa shape index (κ1) is 22.4. The van der Waals surface area contributed by atoms with Crippen LogP contribution in [0.2, 0.25) is 0 Å². The summed E-state index contributed by atoms with van der Waals surface area (Å²) in [6.45, 7) is 0.780. The second kappa shape index (κ2) is 10.6. The highest BCUT2D eigenvalue weighted by atomic mass is 16.5. The van der Waals surface area contributed by atoms with Crippen LogP contribution in [0.15, 0.2) is 42.5 Å². The lowest BCUT2D eigenvalue weighted by Gasteiger charge is -2.11. The van der Waals surface area contributed by atoms with Gasteiger partial charge in [-0.25, -0.2) is 4.79 Å². The molecule has 0 atom stereocenters. The molecule has 0 aliphatic carbocycles. The van der Waals surface area contributed by atoms with Gasteiger partial charge < -0.3 is 24.8 Å². The Labute approximate surface area is 173 Å². The van der Waals surface area contributed by atoms with Crippen LogP contribution in [0.3, 0.4) is 0 Å². The van der Waals surface area contributed by atoms with Gasteiger partial charge in [0.15, 0.2) is 6.61 Å². The number of hydrogen-bond donors (Lipinski definition) is 2. The van der Waals surface area contributed by atoms with Crippen molar-refractivity contribution in [2.75, 3.05) is 32.7 Å². The van der Waals surface area contributed by atoms with Crippen LogP contribution in [0.25, 0.3) is 0 Å². The number of hydrogen-bond acceptors (Lipinski definition) is 7. The Kier molecular flexibility index (Phi) is 7.92. The molecule has 0 aliphatic heterocycles. The first-order chi connectivity index (χ1) is 14.3. The maximum absolute atomic E-state index is 12.1. The second-order valence-electron chi connectivity index (χ2n) is 6.11. The van der Waals surface area contributed by atoms with E-state index in [1.54, 1.807) is 43.3 Å². The van der Waals surface area contributed by atoms with Gasteiger partial charge in [0.05, 0.1) is 25.3 Å². The number of benzene rings is 2. The van der Waals surface area contributed by atoms with Crippen molar-refractivity contribution in [3.63, 3.8) is 0 Å². The smallest absolute Gasteiger partial charge is 0.337 e. The van der Waals surface area contributed by atoms with Gasteiger partial charge in [0.25, 0.3) is 11.8 Å². The number of carbonyl (C=O) groups excluding carboxylic acids is 4. The molecule has 0 heterocycles. The molecule has 0 unspecified atom stereocenters. The minimum atomic E-state index is -0.784. The number of rotatable bonds is 8. The van der Waals surface area contributed by atoms with Crippen LogP contribution >= 0.6 is 0 Å². The molecule has 9 heteroatoms. The third-order valence-corrected chi connectivity index (χ3v) is 4.04. The molecule has 0 bridgehead atoms. The fourth-order valence-corrected chi connectivity index (χ4v) is 2.46. The van der Waals surface area contributed by atoms with Gasteiger partial charge in [0.1, 0.15) is 12.3 Å². The first-order valence-corrected chi connectivity index (χ1v) is 8.91. The van der Waals surface area contributed by atoms with E-state index in [0.717, 1.165) is 0 Å². The molecule has 2 amide bonds. The van der Waals surface area contributed by atoms with Crippen molar-refractivity contribution in [2.24, 2.45) is 0 Å². The highest BCUT2D eigenvalue weighted by Gasteiger charge is 2.15. The number of anilines is 1. The molecule has 158 valence electrons. The Morgan fingerprint density at radius 2 is 1.73 bits per heavy atom. The number of para-hydroxylation sites is 1. The predicted octanol–water partition coefficient (Wildman–Crippen LogP) is 1.70. The molecule has 0 saturated heterocycles. The van der Waals surface area contributed by atoms with Gasteiger partial charge in [0, 0.05) is 5.69 Å². The highest BCUT2D eigenvalue weighted by molar-refractivity contribution is 5.99. The lowest BCUT2D eigenvalue weighted by atomic mass is 10.1. The molecule has 0 fully saturated rings. The molecule has 2 aromatic carbocycles. The van der Waals surface area contributed by atoms with Crippen LogP contribution in [0.4, 0.5) is 5.69 Å². The van der Waals surface area contributed by atoms with E-state index in [1.807, 2.05) is 0 Å². The normalized spacial score (nSPS) is 9.97. The molecule has 30 heavy (non-hydrogen) atoms. The molecule has 0 aliphatic rings. The van der Waals surface area contributed by atoms with Gasteiger partial charge in [-0.3, -0.25) is 14.4 Å². The fraction of sp³-hybridized carbons (Fsp3) is 0.238. The Morgan fingerprint density at radius 3 is 2.43 bits per heavy atom. The minimum Gasteiger partial charge on any atom is -0.496 e. The summed E-state index contributed by atoms with van der Waals surface area (Å²) in [7, 11) is 2.69. The predicted molar refractivity (Wildman–Crippen MR) is 107 cm³/mol. The summed E-state index contributed by atoms with van der Waals surface area (Å²) in [6, 6.07) is 11.2. The van der Waals surface area contributed by atoms with Crippen molar-refractivity contribution in [2.45, 2.75) is 6.92 Å². The van der Waals surface area contributed by atoms with Crippen LogP contribution in [-0.4, -0.2) is 51.1 Å². The SMILES string of the molecule is COC(=O)c1ccc(C)c(NC(=O)COC(=O)CNC(=O)c2ccccc2OC)c1. The highest BCUT2D eigenvalue weighted by Crippen LogP contribution is 2.18. The van der Waals surface area contributed by atoms with Crippen molar-refractivity contribution in [3.8, 4) is 5.75 Å². The minimum absolute atomic E-state index is 0.270. The number of nitrogens with one attached hydrogen (secondary N) is 2. The maximum Gasteiger partial charge on any atom is 0.337 e.